The van der Waals surface area contributed by atoms with Gasteiger partial charge < -0.3 is 20.5 Å². The number of aliphatic hydroxyl groups is 1. The quantitative estimate of drug-likeness (QED) is 0.660. The third-order valence-electron chi connectivity index (χ3n) is 5.80. The maximum absolute atomic E-state index is 12.3. The first kappa shape index (κ1) is 20.7. The molecule has 0 unspecified atom stereocenters. The Labute approximate surface area is 166 Å². The van der Waals surface area contributed by atoms with Gasteiger partial charge in [0.25, 0.3) is 5.91 Å². The summed E-state index contributed by atoms with van der Waals surface area (Å²) in [6.07, 6.45) is 10.5. The maximum atomic E-state index is 12.3. The van der Waals surface area contributed by atoms with E-state index in [0.29, 0.717) is 12.1 Å². The van der Waals surface area contributed by atoms with Crippen LogP contribution in [0, 0.1) is 5.92 Å². The lowest BCUT2D eigenvalue weighted by atomic mass is 9.88. The predicted octanol–water partition coefficient (Wildman–Crippen LogP) is 1.81. The van der Waals surface area contributed by atoms with Crippen LogP contribution < -0.4 is 10.6 Å². The average Bonchev–Trinajstić information content (AvgIpc) is 2.75. The van der Waals surface area contributed by atoms with Gasteiger partial charge in [0.2, 0.25) is 5.91 Å². The van der Waals surface area contributed by atoms with Crippen LogP contribution in [0.25, 0.3) is 0 Å². The molecule has 1 aliphatic carbocycles. The van der Waals surface area contributed by atoms with Crippen molar-refractivity contribution in [2.24, 2.45) is 5.92 Å². The van der Waals surface area contributed by atoms with Crippen molar-refractivity contribution in [3.8, 4) is 0 Å². The van der Waals surface area contributed by atoms with Crippen molar-refractivity contribution in [1.29, 1.82) is 0 Å². The fraction of sp³-hybridized carbons (Fsp3) is 0.667. The van der Waals surface area contributed by atoms with Crippen LogP contribution in [0.1, 0.15) is 61.7 Å². The number of hydrogen-bond donors (Lipinski definition) is 3. The van der Waals surface area contributed by atoms with E-state index in [1.54, 1.807) is 24.5 Å². The predicted molar refractivity (Wildman–Crippen MR) is 105 cm³/mol. The summed E-state index contributed by atoms with van der Waals surface area (Å²) in [6, 6.07) is 3.09. The number of hydrogen-bond acceptors (Lipinski definition) is 5. The maximum Gasteiger partial charge on any atom is 0.251 e. The zero-order chi connectivity index (χ0) is 19.8. The number of nitrogens with zero attached hydrogens (tertiary/aromatic N) is 1. The molecule has 7 heteroatoms. The SMILES string of the molecule is O=C(N[C@@H]1CC[C@H](CCNC(=O)C2CCCCC2)O[C@H]1CO)c1ccncc1. The van der Waals surface area contributed by atoms with Crippen molar-refractivity contribution in [2.45, 2.75) is 69.6 Å². The molecule has 3 atom stereocenters. The Bertz CT molecular complexity index is 634. The van der Waals surface area contributed by atoms with Gasteiger partial charge in [0.05, 0.1) is 18.8 Å². The Morgan fingerprint density at radius 1 is 1.11 bits per heavy atom. The molecule has 1 saturated heterocycles. The average molecular weight is 389 g/mol. The molecule has 2 heterocycles. The van der Waals surface area contributed by atoms with Gasteiger partial charge in [-0.3, -0.25) is 14.6 Å². The number of ether oxygens (including phenoxy) is 1. The van der Waals surface area contributed by atoms with E-state index >= 15 is 0 Å². The molecule has 3 N–H and O–H groups in total. The molecule has 0 spiro atoms. The molecule has 0 bridgehead atoms. The Hall–Kier alpha value is -1.99. The highest BCUT2D eigenvalue weighted by Crippen LogP contribution is 2.24. The summed E-state index contributed by atoms with van der Waals surface area (Å²) in [4.78, 5) is 28.5. The van der Waals surface area contributed by atoms with Crippen LogP contribution in [0.4, 0.5) is 0 Å². The van der Waals surface area contributed by atoms with Crippen molar-refractivity contribution in [2.75, 3.05) is 13.2 Å². The van der Waals surface area contributed by atoms with Gasteiger partial charge >= 0.3 is 0 Å². The Morgan fingerprint density at radius 2 is 1.86 bits per heavy atom. The molecule has 1 aromatic rings. The lowest BCUT2D eigenvalue weighted by molar-refractivity contribution is -0.126. The molecule has 0 aromatic carbocycles. The molecule has 2 amide bonds. The zero-order valence-electron chi connectivity index (χ0n) is 16.3. The number of carbonyl (C=O) groups excluding carboxylic acids is 2. The molecule has 7 nitrogen and oxygen atoms in total. The van der Waals surface area contributed by atoms with E-state index in [1.807, 2.05) is 0 Å². The van der Waals surface area contributed by atoms with Crippen LogP contribution in [0.3, 0.4) is 0 Å². The first-order chi connectivity index (χ1) is 13.7. The first-order valence-corrected chi connectivity index (χ1v) is 10.4. The van der Waals surface area contributed by atoms with Crippen molar-refractivity contribution >= 4 is 11.8 Å². The summed E-state index contributed by atoms with van der Waals surface area (Å²) < 4.78 is 5.98. The molecule has 1 saturated carbocycles. The monoisotopic (exact) mass is 389 g/mol. The fourth-order valence-corrected chi connectivity index (χ4v) is 4.13. The topological polar surface area (TPSA) is 101 Å². The number of nitrogens with one attached hydrogen (secondary N) is 2. The van der Waals surface area contributed by atoms with Gasteiger partial charge in [0.1, 0.15) is 6.10 Å². The summed E-state index contributed by atoms with van der Waals surface area (Å²) in [6.45, 7) is 0.443. The summed E-state index contributed by atoms with van der Waals surface area (Å²) in [5, 5.41) is 15.7. The second-order valence-corrected chi connectivity index (χ2v) is 7.79. The van der Waals surface area contributed by atoms with Gasteiger partial charge in [-0.05, 0) is 44.2 Å². The summed E-state index contributed by atoms with van der Waals surface area (Å²) in [5.41, 5.74) is 0.541. The summed E-state index contributed by atoms with van der Waals surface area (Å²) in [5.74, 6) is 0.142. The third-order valence-corrected chi connectivity index (χ3v) is 5.80. The van der Waals surface area contributed by atoms with Gasteiger partial charge in [-0.25, -0.2) is 0 Å². The second kappa shape index (κ2) is 10.5. The second-order valence-electron chi connectivity index (χ2n) is 7.79. The molecule has 1 aromatic heterocycles. The number of aromatic nitrogens is 1. The Morgan fingerprint density at radius 3 is 2.57 bits per heavy atom. The lowest BCUT2D eigenvalue weighted by Crippen LogP contribution is -2.51. The van der Waals surface area contributed by atoms with Crippen LogP contribution in [-0.2, 0) is 9.53 Å². The van der Waals surface area contributed by atoms with E-state index in [0.717, 1.165) is 44.9 Å². The zero-order valence-corrected chi connectivity index (χ0v) is 16.3. The van der Waals surface area contributed by atoms with E-state index in [-0.39, 0.29) is 36.5 Å². The molecule has 1 aliphatic heterocycles. The molecule has 28 heavy (non-hydrogen) atoms. The Kier molecular flexibility index (Phi) is 7.80. The van der Waals surface area contributed by atoms with E-state index in [1.165, 1.54) is 6.42 Å². The third kappa shape index (κ3) is 5.75. The van der Waals surface area contributed by atoms with Gasteiger partial charge in [0.15, 0.2) is 0 Å². The van der Waals surface area contributed by atoms with E-state index in [2.05, 4.69) is 15.6 Å². The highest BCUT2D eigenvalue weighted by Gasteiger charge is 2.32. The normalized spacial score (nSPS) is 25.8. The minimum atomic E-state index is -0.432. The highest BCUT2D eigenvalue weighted by molar-refractivity contribution is 5.94. The number of pyridine rings is 1. The molecular formula is C21H31N3O4. The first-order valence-electron chi connectivity index (χ1n) is 10.4. The van der Waals surface area contributed by atoms with Gasteiger partial charge in [0, 0.05) is 30.4 Å². The number of carbonyl (C=O) groups is 2. The molecule has 0 radical (unpaired) electrons. The van der Waals surface area contributed by atoms with Crippen LogP contribution >= 0.6 is 0 Å². The standard InChI is InChI=1S/C21H31N3O4/c25-14-19-18(24-21(27)16-8-11-22-12-9-16)7-6-17(28-19)10-13-23-20(26)15-4-2-1-3-5-15/h8-9,11-12,15,17-19,25H,1-7,10,13-14H2,(H,23,26)(H,24,27)/t17-,18-,19+/m1/s1. The van der Waals surface area contributed by atoms with E-state index < -0.39 is 6.10 Å². The van der Waals surface area contributed by atoms with Gasteiger partial charge in [-0.2, -0.15) is 0 Å². The van der Waals surface area contributed by atoms with Crippen LogP contribution in [0.5, 0.6) is 0 Å². The molecule has 3 rings (SSSR count). The lowest BCUT2D eigenvalue weighted by Gasteiger charge is -2.36. The highest BCUT2D eigenvalue weighted by atomic mass is 16.5. The number of aliphatic hydroxyl groups excluding tert-OH is 1. The molecule has 154 valence electrons. The van der Waals surface area contributed by atoms with Crippen LogP contribution in [-0.4, -0.2) is 53.3 Å². The largest absolute Gasteiger partial charge is 0.394 e. The van der Waals surface area contributed by atoms with E-state index in [9.17, 15) is 14.7 Å². The minimum absolute atomic E-state index is 0.0158. The van der Waals surface area contributed by atoms with Crippen molar-refractivity contribution in [1.82, 2.24) is 15.6 Å². The molecule has 2 aliphatic rings. The van der Waals surface area contributed by atoms with Crippen LogP contribution in [0.15, 0.2) is 24.5 Å². The molecule has 2 fully saturated rings. The fourth-order valence-electron chi connectivity index (χ4n) is 4.13. The van der Waals surface area contributed by atoms with Gasteiger partial charge in [-0.15, -0.1) is 0 Å². The van der Waals surface area contributed by atoms with E-state index in [4.69, 9.17) is 4.74 Å². The minimum Gasteiger partial charge on any atom is -0.394 e. The van der Waals surface area contributed by atoms with Crippen molar-refractivity contribution in [3.05, 3.63) is 30.1 Å². The number of rotatable bonds is 7. The van der Waals surface area contributed by atoms with Crippen molar-refractivity contribution < 1.29 is 19.4 Å². The Balaban J connectivity index is 1.41. The number of amides is 2. The molecular weight excluding hydrogens is 358 g/mol. The summed E-state index contributed by atoms with van der Waals surface area (Å²) in [7, 11) is 0. The van der Waals surface area contributed by atoms with Gasteiger partial charge in [-0.1, -0.05) is 19.3 Å². The van der Waals surface area contributed by atoms with Crippen molar-refractivity contribution in [3.63, 3.8) is 0 Å². The smallest absolute Gasteiger partial charge is 0.251 e. The van der Waals surface area contributed by atoms with Crippen LogP contribution in [0.2, 0.25) is 0 Å². The summed E-state index contributed by atoms with van der Waals surface area (Å²) >= 11 is 0.